The summed E-state index contributed by atoms with van der Waals surface area (Å²) >= 11 is 0. The fourth-order valence-electron chi connectivity index (χ4n) is 2.28. The molecule has 2 rings (SSSR count). The largest absolute Gasteiger partial charge is 0.352 e. The molecule has 82 valence electrons. The third-order valence-corrected chi connectivity index (χ3v) is 3.58. The maximum Gasteiger partial charge on any atom is 0.223 e. The fraction of sp³-hybridized carbons (Fsp3) is 0.833. The summed E-state index contributed by atoms with van der Waals surface area (Å²) < 4.78 is 0. The Balaban J connectivity index is 1.74. The first-order chi connectivity index (χ1) is 7.26. The molecule has 0 radical (unpaired) electrons. The zero-order chi connectivity index (χ0) is 10.8. The fourth-order valence-corrected chi connectivity index (χ4v) is 2.28. The van der Waals surface area contributed by atoms with E-state index in [1.54, 1.807) is 0 Å². The molecular weight excluding hydrogens is 188 g/mol. The van der Waals surface area contributed by atoms with Gasteiger partial charge >= 0.3 is 0 Å². The van der Waals surface area contributed by atoms with Crippen LogP contribution in [0.4, 0.5) is 0 Å². The summed E-state index contributed by atoms with van der Waals surface area (Å²) in [5.74, 6) is 1.97. The molecule has 1 amide bonds. The smallest absolute Gasteiger partial charge is 0.223 e. The van der Waals surface area contributed by atoms with Crippen molar-refractivity contribution >= 4 is 5.91 Å². The van der Waals surface area contributed by atoms with Crippen molar-refractivity contribution < 1.29 is 4.79 Å². The molecule has 3 nitrogen and oxygen atoms in total. The molecule has 0 spiro atoms. The number of carbonyl (C=O) groups is 1. The predicted octanol–water partition coefficient (Wildman–Crippen LogP) is 1.84. The van der Waals surface area contributed by atoms with Crippen molar-refractivity contribution in [2.45, 2.75) is 45.1 Å². The summed E-state index contributed by atoms with van der Waals surface area (Å²) in [7, 11) is 0. The Bertz CT molecular complexity index is 290. The lowest BCUT2D eigenvalue weighted by Crippen LogP contribution is -2.35. The van der Waals surface area contributed by atoms with E-state index in [0.29, 0.717) is 12.3 Å². The van der Waals surface area contributed by atoms with Crippen LogP contribution in [0, 0.1) is 29.1 Å². The van der Waals surface area contributed by atoms with Gasteiger partial charge in [-0.2, -0.15) is 5.26 Å². The van der Waals surface area contributed by atoms with Crippen LogP contribution < -0.4 is 5.32 Å². The second-order valence-corrected chi connectivity index (χ2v) is 4.82. The molecule has 15 heavy (non-hydrogen) atoms. The number of hydrogen-bond acceptors (Lipinski definition) is 2. The summed E-state index contributed by atoms with van der Waals surface area (Å²) in [6.45, 7) is 2.01. The highest BCUT2D eigenvalue weighted by Gasteiger charge is 2.51. The highest BCUT2D eigenvalue weighted by molar-refractivity contribution is 5.82. The van der Waals surface area contributed by atoms with Crippen molar-refractivity contribution in [3.63, 3.8) is 0 Å². The van der Waals surface area contributed by atoms with Crippen molar-refractivity contribution in [3.8, 4) is 6.07 Å². The summed E-state index contributed by atoms with van der Waals surface area (Å²) in [4.78, 5) is 11.8. The molecule has 0 bridgehead atoms. The van der Waals surface area contributed by atoms with Crippen molar-refractivity contribution in [2.24, 2.45) is 17.8 Å². The Morgan fingerprint density at radius 3 is 2.87 bits per heavy atom. The molecule has 0 aromatic rings. The van der Waals surface area contributed by atoms with E-state index in [9.17, 15) is 4.79 Å². The maximum atomic E-state index is 11.8. The quantitative estimate of drug-likeness (QED) is 0.746. The summed E-state index contributed by atoms with van der Waals surface area (Å²) in [6.07, 6.45) is 5.01. The van der Waals surface area contributed by atoms with Crippen molar-refractivity contribution in [2.75, 3.05) is 0 Å². The van der Waals surface area contributed by atoms with Gasteiger partial charge in [-0.15, -0.1) is 0 Å². The average molecular weight is 206 g/mol. The Hall–Kier alpha value is -1.04. The van der Waals surface area contributed by atoms with E-state index >= 15 is 0 Å². The molecule has 0 aromatic carbocycles. The average Bonchev–Trinajstić information content (AvgIpc) is 3.03. The number of nitriles is 1. The highest BCUT2D eigenvalue weighted by atomic mass is 16.2. The highest BCUT2D eigenvalue weighted by Crippen LogP contribution is 2.54. The van der Waals surface area contributed by atoms with Crippen LogP contribution in [0.3, 0.4) is 0 Å². The topological polar surface area (TPSA) is 52.9 Å². The standard InChI is InChI=1S/C12H18N2O/c1-2-9(5-6-13)14-12(15)11-7-10(11)8-3-4-8/h8-11H,2-5,7H2,1H3,(H,14,15)/t9-,10-,11-/m1/s1. The minimum atomic E-state index is 0.0583. The molecule has 2 aliphatic carbocycles. The van der Waals surface area contributed by atoms with Crippen LogP contribution in [-0.2, 0) is 4.79 Å². The predicted molar refractivity (Wildman–Crippen MR) is 56.8 cm³/mol. The van der Waals surface area contributed by atoms with Crippen molar-refractivity contribution in [1.82, 2.24) is 5.32 Å². The van der Waals surface area contributed by atoms with E-state index in [1.807, 2.05) is 6.92 Å². The first kappa shape index (κ1) is 10.5. The zero-order valence-electron chi connectivity index (χ0n) is 9.20. The first-order valence-electron chi connectivity index (χ1n) is 5.93. The Labute approximate surface area is 90.8 Å². The third kappa shape index (κ3) is 2.50. The minimum absolute atomic E-state index is 0.0583. The molecule has 2 saturated carbocycles. The van der Waals surface area contributed by atoms with Crippen LogP contribution in [0.2, 0.25) is 0 Å². The van der Waals surface area contributed by atoms with Gasteiger partial charge in [0.1, 0.15) is 0 Å². The molecule has 3 atom stereocenters. The van der Waals surface area contributed by atoms with Gasteiger partial charge in [-0.05, 0) is 37.5 Å². The van der Waals surface area contributed by atoms with Crippen LogP contribution in [0.1, 0.15) is 39.0 Å². The van der Waals surface area contributed by atoms with Crippen LogP contribution in [0.5, 0.6) is 0 Å². The molecule has 0 saturated heterocycles. The second kappa shape index (κ2) is 4.22. The maximum absolute atomic E-state index is 11.8. The van der Waals surface area contributed by atoms with Crippen LogP contribution >= 0.6 is 0 Å². The number of amides is 1. The van der Waals surface area contributed by atoms with E-state index in [2.05, 4.69) is 11.4 Å². The summed E-state index contributed by atoms with van der Waals surface area (Å²) in [5, 5.41) is 11.6. The van der Waals surface area contributed by atoms with Gasteiger partial charge in [-0.1, -0.05) is 6.92 Å². The van der Waals surface area contributed by atoms with E-state index in [0.717, 1.165) is 18.8 Å². The molecular formula is C12H18N2O. The number of nitrogens with one attached hydrogen (secondary N) is 1. The van der Waals surface area contributed by atoms with Gasteiger partial charge in [0.2, 0.25) is 5.91 Å². The molecule has 2 aliphatic rings. The van der Waals surface area contributed by atoms with Crippen molar-refractivity contribution in [3.05, 3.63) is 0 Å². The molecule has 0 aromatic heterocycles. The third-order valence-electron chi connectivity index (χ3n) is 3.58. The van der Waals surface area contributed by atoms with Gasteiger partial charge < -0.3 is 5.32 Å². The van der Waals surface area contributed by atoms with Gasteiger partial charge in [-0.25, -0.2) is 0 Å². The van der Waals surface area contributed by atoms with Gasteiger partial charge in [0.15, 0.2) is 0 Å². The van der Waals surface area contributed by atoms with Crippen LogP contribution in [0.15, 0.2) is 0 Å². The second-order valence-electron chi connectivity index (χ2n) is 4.82. The minimum Gasteiger partial charge on any atom is -0.352 e. The van der Waals surface area contributed by atoms with Gasteiger partial charge in [0.05, 0.1) is 12.5 Å². The van der Waals surface area contributed by atoms with E-state index < -0.39 is 0 Å². The molecule has 2 fully saturated rings. The lowest BCUT2D eigenvalue weighted by Gasteiger charge is -2.13. The molecule has 0 heterocycles. The summed E-state index contributed by atoms with van der Waals surface area (Å²) in [5.41, 5.74) is 0. The van der Waals surface area contributed by atoms with Crippen LogP contribution in [0.25, 0.3) is 0 Å². The van der Waals surface area contributed by atoms with Crippen molar-refractivity contribution in [1.29, 1.82) is 5.26 Å². The number of nitrogens with zero attached hydrogens (tertiary/aromatic N) is 1. The molecule has 3 heteroatoms. The monoisotopic (exact) mass is 206 g/mol. The molecule has 0 aliphatic heterocycles. The molecule has 1 N–H and O–H groups in total. The number of carbonyl (C=O) groups excluding carboxylic acids is 1. The normalized spacial score (nSPS) is 30.4. The van der Waals surface area contributed by atoms with Crippen LogP contribution in [-0.4, -0.2) is 11.9 Å². The number of hydrogen-bond donors (Lipinski definition) is 1. The molecule has 0 unspecified atom stereocenters. The summed E-state index contributed by atoms with van der Waals surface area (Å²) in [6, 6.07) is 2.17. The Morgan fingerprint density at radius 1 is 1.60 bits per heavy atom. The van der Waals surface area contributed by atoms with Gasteiger partial charge in [0, 0.05) is 12.0 Å². The van der Waals surface area contributed by atoms with E-state index in [1.165, 1.54) is 12.8 Å². The number of rotatable bonds is 5. The lowest BCUT2D eigenvalue weighted by atomic mass is 10.1. The SMILES string of the molecule is CC[C@H](CC#N)NC(=O)[C@@H]1C[C@@H]1C1CC1. The first-order valence-corrected chi connectivity index (χ1v) is 5.93. The van der Waals surface area contributed by atoms with Gasteiger partial charge in [0.25, 0.3) is 0 Å². The Morgan fingerprint density at radius 2 is 2.33 bits per heavy atom. The van der Waals surface area contributed by atoms with Gasteiger partial charge in [-0.3, -0.25) is 4.79 Å². The lowest BCUT2D eigenvalue weighted by molar-refractivity contribution is -0.123. The van der Waals surface area contributed by atoms with E-state index in [4.69, 9.17) is 5.26 Å². The van der Waals surface area contributed by atoms with E-state index in [-0.39, 0.29) is 17.9 Å². The Kier molecular flexibility index (Phi) is 2.95. The zero-order valence-corrected chi connectivity index (χ0v) is 9.20.